The summed E-state index contributed by atoms with van der Waals surface area (Å²) in [5.41, 5.74) is 2.59. The number of aromatic nitrogens is 3. The van der Waals surface area contributed by atoms with Gasteiger partial charge < -0.3 is 29.9 Å². The van der Waals surface area contributed by atoms with Gasteiger partial charge in [-0.05, 0) is 75.6 Å². The Balaban J connectivity index is 1.29. The number of hydrogen-bond acceptors (Lipinski definition) is 18. The number of nitrogens with one attached hydrogen (secondary N) is 2. The molecule has 0 atom stereocenters. The van der Waals surface area contributed by atoms with E-state index < -0.39 is 30.0 Å². The minimum Gasteiger partial charge on any atom is -0.494 e. The number of methoxy groups -OCH3 is 2. The molecule has 0 aliphatic heterocycles. The minimum absolute atomic E-state index is 0.0534. The predicted octanol–water partition coefficient (Wildman–Crippen LogP) is 13.1. The van der Waals surface area contributed by atoms with Crippen molar-refractivity contribution in [2.75, 3.05) is 60.8 Å². The lowest BCUT2D eigenvalue weighted by Gasteiger charge is -2.25. The molecule has 73 heavy (non-hydrogen) atoms. The van der Waals surface area contributed by atoms with Gasteiger partial charge >= 0.3 is 0 Å². The van der Waals surface area contributed by atoms with E-state index in [1.807, 2.05) is 52.0 Å². The van der Waals surface area contributed by atoms with Crippen LogP contribution in [0.2, 0.25) is 0 Å². The molecule has 1 heterocycles. The van der Waals surface area contributed by atoms with Crippen molar-refractivity contribution < 1.29 is 35.4 Å². The van der Waals surface area contributed by atoms with Crippen LogP contribution < -0.4 is 29.9 Å². The van der Waals surface area contributed by atoms with Crippen LogP contribution in [0.15, 0.2) is 132 Å². The Labute approximate surface area is 429 Å². The lowest BCUT2D eigenvalue weighted by Crippen LogP contribution is -2.22. The minimum atomic E-state index is -4.72. The first-order valence-corrected chi connectivity index (χ1v) is 27.6. The van der Waals surface area contributed by atoms with E-state index in [1.165, 1.54) is 12.1 Å². The molecule has 6 aromatic carbocycles. The maximum atomic E-state index is 12.7. The van der Waals surface area contributed by atoms with Gasteiger partial charge in [0.1, 0.15) is 44.0 Å². The number of rotatable bonds is 20. The lowest BCUT2D eigenvalue weighted by molar-refractivity contribution is 0.414. The SMILES string of the molecule is CCN(CC)c1cc(Nc2nc(Nc3cc(N(CC)CC)c(OC)cc3/N=N/c3c(S(=O)(=O)O)ccc4ccccc34)nc(SC3CCCCC3)n2)c(/N=N/c2c(S(=O)(=O)O)ccc3ccccc23)cc1OC. The number of azo groups is 2. The third-order valence-electron chi connectivity index (χ3n) is 12.5. The molecule has 1 aliphatic rings. The Morgan fingerprint density at radius 2 is 1.01 bits per heavy atom. The number of benzene rings is 6. The normalized spacial score (nSPS) is 13.5. The number of thioether (sulfide) groups is 1. The van der Waals surface area contributed by atoms with Gasteiger partial charge in [0.05, 0.1) is 37.0 Å². The van der Waals surface area contributed by atoms with Crippen LogP contribution in [0.3, 0.4) is 0 Å². The summed E-state index contributed by atoms with van der Waals surface area (Å²) in [4.78, 5) is 18.2. The summed E-state index contributed by atoms with van der Waals surface area (Å²) in [5, 5.41) is 28.0. The van der Waals surface area contributed by atoms with Gasteiger partial charge in [-0.2, -0.15) is 31.8 Å². The van der Waals surface area contributed by atoms with E-state index in [2.05, 4.69) is 40.9 Å². The molecule has 1 fully saturated rings. The number of nitrogens with zero attached hydrogens (tertiary/aromatic N) is 9. The summed E-state index contributed by atoms with van der Waals surface area (Å²) < 4.78 is 83.2. The zero-order chi connectivity index (χ0) is 51.9. The smallest absolute Gasteiger partial charge is 0.296 e. The molecule has 0 spiro atoms. The third-order valence-corrected chi connectivity index (χ3v) is 15.5. The Morgan fingerprint density at radius 1 is 0.589 bits per heavy atom. The van der Waals surface area contributed by atoms with Crippen LogP contribution in [0.4, 0.5) is 57.4 Å². The summed E-state index contributed by atoms with van der Waals surface area (Å²) in [6, 6.07) is 26.9. The zero-order valence-corrected chi connectivity index (χ0v) is 43.7. The van der Waals surface area contributed by atoms with Gasteiger partial charge in [-0.15, -0.1) is 20.5 Å². The van der Waals surface area contributed by atoms with E-state index in [4.69, 9.17) is 24.4 Å². The molecule has 1 aromatic heterocycles. The standard InChI is InChI=1S/C51H57N11O8S3/c1-7-61(8-2)41-28-37(39(30-43(41)69-5)57-59-47-35-22-16-14-18-32(35)24-26-45(47)72(63,64)65)52-49-54-50(56-51(55-49)71-34-20-12-11-13-21-34)53-38-29-42(62(9-3)10-4)44(70-6)31-40(38)58-60-48-36-23-17-15-19-33(36)25-27-46(48)73(66,67)68/h14-19,22-31,34H,7-13,20-21H2,1-6H3,(H,63,64,65)(H,66,67,68)(H2,52,53,54,55,56)/b59-57+,60-58+. The van der Waals surface area contributed by atoms with Gasteiger partial charge in [0.2, 0.25) is 11.9 Å². The molecule has 8 rings (SSSR count). The molecule has 0 amide bonds. The van der Waals surface area contributed by atoms with Crippen molar-refractivity contribution in [2.45, 2.75) is 80.0 Å². The van der Waals surface area contributed by atoms with Gasteiger partial charge in [-0.25, -0.2) is 0 Å². The van der Waals surface area contributed by atoms with Crippen LogP contribution in [-0.4, -0.2) is 86.5 Å². The zero-order valence-electron chi connectivity index (χ0n) is 41.3. The van der Waals surface area contributed by atoms with Crippen molar-refractivity contribution >= 4 is 111 Å². The number of anilines is 6. The first kappa shape index (κ1) is 52.3. The fourth-order valence-corrected chi connectivity index (χ4v) is 11.2. The highest BCUT2D eigenvalue weighted by Crippen LogP contribution is 2.45. The third kappa shape index (κ3) is 11.9. The van der Waals surface area contributed by atoms with Gasteiger partial charge in [-0.3, -0.25) is 9.11 Å². The maximum Gasteiger partial charge on any atom is 0.296 e. The van der Waals surface area contributed by atoms with Gasteiger partial charge in [0, 0.05) is 54.3 Å². The second-order valence-electron chi connectivity index (χ2n) is 16.9. The summed E-state index contributed by atoms with van der Waals surface area (Å²) in [7, 11) is -6.35. The van der Waals surface area contributed by atoms with Crippen LogP contribution in [0.1, 0.15) is 59.8 Å². The van der Waals surface area contributed by atoms with Crippen LogP contribution in [0, 0.1) is 0 Å². The fraction of sp³-hybridized carbons (Fsp3) is 0.314. The average molecular weight is 1050 g/mol. The van der Waals surface area contributed by atoms with E-state index >= 15 is 0 Å². The topological polar surface area (TPSA) is 246 Å². The fourth-order valence-electron chi connectivity index (χ4n) is 8.83. The molecule has 0 unspecified atom stereocenters. The maximum absolute atomic E-state index is 12.7. The second kappa shape index (κ2) is 22.8. The van der Waals surface area contributed by atoms with Crippen molar-refractivity contribution in [1.82, 2.24) is 15.0 Å². The van der Waals surface area contributed by atoms with Crippen LogP contribution in [-0.2, 0) is 20.2 Å². The molecule has 4 N–H and O–H groups in total. The van der Waals surface area contributed by atoms with E-state index in [0.717, 1.165) is 43.5 Å². The molecular weight excluding hydrogens is 991 g/mol. The van der Waals surface area contributed by atoms with Gasteiger partial charge in [0.25, 0.3) is 20.2 Å². The van der Waals surface area contributed by atoms with E-state index in [9.17, 15) is 25.9 Å². The van der Waals surface area contributed by atoms with E-state index in [-0.39, 0.29) is 39.9 Å². The second-order valence-corrected chi connectivity index (χ2v) is 21.0. The molecule has 22 heteroatoms. The first-order valence-electron chi connectivity index (χ1n) is 23.9. The van der Waals surface area contributed by atoms with Gasteiger partial charge in [-0.1, -0.05) is 91.7 Å². The van der Waals surface area contributed by atoms with Crippen LogP contribution in [0.5, 0.6) is 11.5 Å². The Kier molecular flexibility index (Phi) is 16.4. The summed E-state index contributed by atoms with van der Waals surface area (Å²) in [5.74, 6) is 1.20. The molecule has 0 saturated heterocycles. The summed E-state index contributed by atoms with van der Waals surface area (Å²) >= 11 is 1.55. The first-order chi connectivity index (χ1) is 35.1. The highest BCUT2D eigenvalue weighted by molar-refractivity contribution is 7.99. The molecule has 0 bridgehead atoms. The molecule has 1 aliphatic carbocycles. The van der Waals surface area contributed by atoms with Crippen molar-refractivity contribution in [3.8, 4) is 11.5 Å². The van der Waals surface area contributed by atoms with Crippen molar-refractivity contribution in [1.29, 1.82) is 0 Å². The monoisotopic (exact) mass is 1050 g/mol. The number of fused-ring (bicyclic) bond motifs is 2. The van der Waals surface area contributed by atoms with Crippen molar-refractivity contribution in [3.63, 3.8) is 0 Å². The van der Waals surface area contributed by atoms with Crippen LogP contribution in [0.25, 0.3) is 21.5 Å². The molecular formula is C51H57N11O8S3. The van der Waals surface area contributed by atoms with Crippen molar-refractivity contribution in [2.24, 2.45) is 20.5 Å². The largest absolute Gasteiger partial charge is 0.494 e. The van der Waals surface area contributed by atoms with E-state index in [0.29, 0.717) is 75.8 Å². The molecule has 1 saturated carbocycles. The van der Waals surface area contributed by atoms with Crippen molar-refractivity contribution in [3.05, 3.63) is 97.1 Å². The molecule has 0 radical (unpaired) electrons. The Bertz CT molecular complexity index is 3230. The predicted molar refractivity (Wildman–Crippen MR) is 288 cm³/mol. The van der Waals surface area contributed by atoms with E-state index in [1.54, 1.807) is 86.6 Å². The van der Waals surface area contributed by atoms with Gasteiger partial charge in [0.15, 0.2) is 5.16 Å². The van der Waals surface area contributed by atoms with Crippen LogP contribution >= 0.6 is 11.8 Å². The molecule has 7 aromatic rings. The highest BCUT2D eigenvalue weighted by atomic mass is 32.2. The molecule has 382 valence electrons. The quantitative estimate of drug-likeness (QED) is 0.0409. The molecule has 19 nitrogen and oxygen atoms in total. The highest BCUT2D eigenvalue weighted by Gasteiger charge is 2.24. The number of hydrogen-bond donors (Lipinski definition) is 4. The average Bonchev–Trinajstić information content (AvgIpc) is 3.38. The summed E-state index contributed by atoms with van der Waals surface area (Å²) in [6.07, 6.45) is 5.26. The lowest BCUT2D eigenvalue weighted by atomic mass is 10.0. The Morgan fingerprint density at radius 3 is 1.41 bits per heavy atom. The Hall–Kier alpha value is -6.98. The summed E-state index contributed by atoms with van der Waals surface area (Å²) in [6.45, 7) is 10.6. The number of ether oxygens (including phenoxy) is 2.